The molecule has 1 saturated heterocycles. The zero-order valence-electron chi connectivity index (χ0n) is 30.1. The first-order valence-corrected chi connectivity index (χ1v) is 16.4. The van der Waals surface area contributed by atoms with Gasteiger partial charge >= 0.3 is 0 Å². The van der Waals surface area contributed by atoms with Gasteiger partial charge in [0.05, 0.1) is 0 Å². The van der Waals surface area contributed by atoms with Crippen LogP contribution in [0, 0.1) is 18.8 Å². The molecule has 1 unspecified atom stereocenters. The standard InChI is InChI=1S/2C12H22N2O.C11H21N.2CH4/c1-7-10-11(8(2)3)12(15)14(9(4)5)13(10)6;1-7-13-10(6)11(8(2)3)12(15)14(13)9(4)5;1-8(2)11-6-7-12(9(3)4)10(11)5;;/h2*8-9H,7H2,1-6H3;8-9,11H,5-7H2,1-4H3;2*1H4. The fourth-order valence-corrected chi connectivity index (χ4v) is 6.63. The second-order valence-electron chi connectivity index (χ2n) is 13.7. The van der Waals surface area contributed by atoms with Crippen LogP contribution < -0.4 is 11.1 Å². The molecule has 2 aromatic rings. The van der Waals surface area contributed by atoms with Crippen molar-refractivity contribution in [2.75, 3.05) is 6.54 Å². The summed E-state index contributed by atoms with van der Waals surface area (Å²) >= 11 is 0. The summed E-state index contributed by atoms with van der Waals surface area (Å²) in [6.45, 7) is 38.1. The largest absolute Gasteiger partial charge is 0.373 e. The van der Waals surface area contributed by atoms with Crippen LogP contribution in [0.2, 0.25) is 0 Å². The smallest absolute Gasteiger partial charge is 0.270 e. The molecule has 7 heteroatoms. The Kier molecular flexibility index (Phi) is 18.4. The van der Waals surface area contributed by atoms with E-state index in [2.05, 4.69) is 99.2 Å². The molecule has 7 nitrogen and oxygen atoms in total. The van der Waals surface area contributed by atoms with Gasteiger partial charge in [-0.15, -0.1) is 0 Å². The Bertz CT molecular complexity index is 1170. The van der Waals surface area contributed by atoms with E-state index in [0.29, 0.717) is 17.9 Å². The maximum absolute atomic E-state index is 12.2. The molecule has 0 radical (unpaired) electrons. The van der Waals surface area contributed by atoms with Crippen molar-refractivity contribution in [2.45, 2.75) is 168 Å². The minimum atomic E-state index is 0. The second-order valence-corrected chi connectivity index (χ2v) is 13.7. The Morgan fingerprint density at radius 2 is 1.20 bits per heavy atom. The molecule has 44 heavy (non-hydrogen) atoms. The van der Waals surface area contributed by atoms with Gasteiger partial charge in [-0.25, -0.2) is 9.36 Å². The molecule has 0 amide bonds. The van der Waals surface area contributed by atoms with Gasteiger partial charge in [-0.2, -0.15) is 0 Å². The van der Waals surface area contributed by atoms with Crippen LogP contribution in [0.4, 0.5) is 0 Å². The van der Waals surface area contributed by atoms with Crippen molar-refractivity contribution in [2.24, 2.45) is 18.9 Å². The van der Waals surface area contributed by atoms with Crippen molar-refractivity contribution >= 4 is 0 Å². The highest BCUT2D eigenvalue weighted by atomic mass is 16.1. The lowest BCUT2D eigenvalue weighted by atomic mass is 9.93. The van der Waals surface area contributed by atoms with Crippen LogP contribution in [0.25, 0.3) is 0 Å². The van der Waals surface area contributed by atoms with Crippen LogP contribution in [0.5, 0.6) is 0 Å². The van der Waals surface area contributed by atoms with E-state index >= 15 is 0 Å². The predicted octanol–water partition coefficient (Wildman–Crippen LogP) is 9.29. The molecule has 258 valence electrons. The molecule has 3 rings (SSSR count). The minimum absolute atomic E-state index is 0. The zero-order valence-corrected chi connectivity index (χ0v) is 30.1. The summed E-state index contributed by atoms with van der Waals surface area (Å²) in [6.07, 6.45) is 2.22. The van der Waals surface area contributed by atoms with E-state index in [-0.39, 0.29) is 38.1 Å². The lowest BCUT2D eigenvalue weighted by molar-refractivity contribution is 0.316. The fourth-order valence-electron chi connectivity index (χ4n) is 6.63. The van der Waals surface area contributed by atoms with Crippen molar-refractivity contribution in [1.29, 1.82) is 0 Å². The predicted molar refractivity (Wildman–Crippen MR) is 194 cm³/mol. The van der Waals surface area contributed by atoms with Crippen molar-refractivity contribution < 1.29 is 0 Å². The Hall–Kier alpha value is -2.44. The molecule has 3 heterocycles. The minimum Gasteiger partial charge on any atom is -0.373 e. The number of rotatable bonds is 8. The van der Waals surface area contributed by atoms with Gasteiger partial charge in [0.1, 0.15) is 0 Å². The third-order valence-electron chi connectivity index (χ3n) is 8.61. The van der Waals surface area contributed by atoms with Gasteiger partial charge < -0.3 is 4.90 Å². The van der Waals surface area contributed by atoms with Crippen LogP contribution in [0.1, 0.15) is 165 Å². The maximum atomic E-state index is 12.2. The number of hydrogen-bond donors (Lipinski definition) is 0. The van der Waals surface area contributed by atoms with E-state index in [9.17, 15) is 9.59 Å². The van der Waals surface area contributed by atoms with E-state index in [0.717, 1.165) is 41.6 Å². The van der Waals surface area contributed by atoms with Gasteiger partial charge in [0.2, 0.25) is 0 Å². The summed E-state index contributed by atoms with van der Waals surface area (Å²) in [4.78, 5) is 26.8. The molecule has 0 aliphatic carbocycles. The molecule has 1 aliphatic rings. The summed E-state index contributed by atoms with van der Waals surface area (Å²) in [5, 5.41) is 0. The Labute approximate surface area is 272 Å². The normalized spacial score (nSPS) is 14.7. The molecule has 2 aromatic heterocycles. The lowest BCUT2D eigenvalue weighted by Crippen LogP contribution is -2.26. The Morgan fingerprint density at radius 3 is 1.45 bits per heavy atom. The first kappa shape index (κ1) is 43.7. The molecule has 0 N–H and O–H groups in total. The van der Waals surface area contributed by atoms with Crippen LogP contribution in [0.15, 0.2) is 21.9 Å². The summed E-state index contributed by atoms with van der Waals surface area (Å²) in [5.74, 6) is 2.09. The molecular weight excluding hydrogens is 546 g/mol. The highest BCUT2D eigenvalue weighted by molar-refractivity contribution is 5.23. The van der Waals surface area contributed by atoms with Gasteiger partial charge in [-0.05, 0) is 86.0 Å². The molecule has 1 aliphatic heterocycles. The highest BCUT2D eigenvalue weighted by Crippen LogP contribution is 2.33. The second kappa shape index (κ2) is 18.5. The van der Waals surface area contributed by atoms with Crippen LogP contribution in [-0.4, -0.2) is 36.2 Å². The van der Waals surface area contributed by atoms with E-state index in [1.165, 1.54) is 24.4 Å². The fraction of sp³-hybridized carbons (Fsp3) is 0.784. The zero-order chi connectivity index (χ0) is 32.8. The number of allylic oxidation sites excluding steroid dienone is 1. The lowest BCUT2D eigenvalue weighted by Gasteiger charge is -2.26. The van der Waals surface area contributed by atoms with E-state index < -0.39 is 0 Å². The summed E-state index contributed by atoms with van der Waals surface area (Å²) < 4.78 is 7.81. The number of aromatic nitrogens is 4. The molecule has 0 aromatic carbocycles. The summed E-state index contributed by atoms with van der Waals surface area (Å²) in [5.41, 5.74) is 5.95. The first-order chi connectivity index (χ1) is 19.4. The molecule has 0 bridgehead atoms. The Morgan fingerprint density at radius 1 is 0.750 bits per heavy atom. The number of nitrogens with zero attached hydrogens (tertiary/aromatic N) is 5. The average molecular weight is 620 g/mol. The van der Waals surface area contributed by atoms with Crippen molar-refractivity contribution in [1.82, 2.24) is 23.6 Å². The summed E-state index contributed by atoms with van der Waals surface area (Å²) in [6, 6.07) is 1.07. The Balaban J connectivity index is 0. The topological polar surface area (TPSA) is 57.1 Å². The SMILES string of the molecule is C.C.C=C1C(C(C)C)CCN1C(C)C.CCc1c(C(C)C)c(=O)n(C(C)C)n1C.CCn1c(C)c(C(C)C)c(=O)n1C(C)C. The number of likely N-dealkylation sites (tertiary alicyclic amines) is 1. The highest BCUT2D eigenvalue weighted by Gasteiger charge is 2.29. The van der Waals surface area contributed by atoms with Crippen molar-refractivity contribution in [3.05, 3.63) is 55.5 Å². The first-order valence-electron chi connectivity index (χ1n) is 16.4. The molecular formula is C37H73N5O2. The van der Waals surface area contributed by atoms with Crippen molar-refractivity contribution in [3.63, 3.8) is 0 Å². The molecule has 1 fully saturated rings. The van der Waals surface area contributed by atoms with E-state index in [1.807, 2.05) is 41.9 Å². The van der Waals surface area contributed by atoms with Gasteiger partial charge in [0, 0.05) is 72.4 Å². The molecule has 1 atom stereocenters. The van der Waals surface area contributed by atoms with Gasteiger partial charge in [0.25, 0.3) is 11.1 Å². The number of hydrogen-bond acceptors (Lipinski definition) is 3. The van der Waals surface area contributed by atoms with Crippen molar-refractivity contribution in [3.8, 4) is 0 Å². The summed E-state index contributed by atoms with van der Waals surface area (Å²) in [7, 11) is 1.98. The van der Waals surface area contributed by atoms with E-state index in [1.54, 1.807) is 0 Å². The molecule has 0 spiro atoms. The van der Waals surface area contributed by atoms with Gasteiger partial charge in [0.15, 0.2) is 0 Å². The van der Waals surface area contributed by atoms with Crippen LogP contribution in [-0.2, 0) is 20.0 Å². The third kappa shape index (κ3) is 9.53. The maximum Gasteiger partial charge on any atom is 0.270 e. The average Bonchev–Trinajstić information content (AvgIpc) is 3.47. The van der Waals surface area contributed by atoms with Gasteiger partial charge in [-0.3, -0.25) is 19.0 Å². The quantitative estimate of drug-likeness (QED) is 0.296. The monoisotopic (exact) mass is 620 g/mol. The van der Waals surface area contributed by atoms with Gasteiger partial charge in [-0.1, -0.05) is 69.9 Å². The third-order valence-corrected chi connectivity index (χ3v) is 8.61. The van der Waals surface area contributed by atoms with Crippen LogP contribution >= 0.6 is 0 Å². The van der Waals surface area contributed by atoms with E-state index in [4.69, 9.17) is 0 Å². The molecule has 0 saturated carbocycles. The van der Waals surface area contributed by atoms with Crippen LogP contribution in [0.3, 0.4) is 0 Å².